The van der Waals surface area contributed by atoms with E-state index in [1.807, 2.05) is 35.7 Å². The summed E-state index contributed by atoms with van der Waals surface area (Å²) in [5, 5.41) is 14.0. The van der Waals surface area contributed by atoms with Gasteiger partial charge < -0.3 is 4.74 Å². The first-order valence-electron chi connectivity index (χ1n) is 6.25. The number of hydrogen-bond donors (Lipinski definition) is 0. The van der Waals surface area contributed by atoms with Gasteiger partial charge in [0.2, 0.25) is 5.82 Å². The van der Waals surface area contributed by atoms with Crippen molar-refractivity contribution in [3.05, 3.63) is 46.7 Å². The van der Waals surface area contributed by atoms with Crippen molar-refractivity contribution in [2.24, 2.45) is 0 Å². The molecule has 0 aliphatic heterocycles. The standard InChI is InChI=1S/C14H12N4O2S/c1-20-11-5-2-4-10(8-11)14-15-17-18(16-14)9-12(19)13-6-3-7-21-13/h2-8H,9H2,1H3. The van der Waals surface area contributed by atoms with Crippen molar-refractivity contribution in [2.45, 2.75) is 6.54 Å². The third kappa shape index (κ3) is 2.97. The average Bonchev–Trinajstić information content (AvgIpc) is 3.18. The molecular formula is C14H12N4O2S. The van der Waals surface area contributed by atoms with Gasteiger partial charge in [-0.2, -0.15) is 4.80 Å². The molecule has 0 N–H and O–H groups in total. The summed E-state index contributed by atoms with van der Waals surface area (Å²) >= 11 is 1.40. The van der Waals surface area contributed by atoms with Gasteiger partial charge in [-0.05, 0) is 28.8 Å². The highest BCUT2D eigenvalue weighted by molar-refractivity contribution is 7.12. The van der Waals surface area contributed by atoms with Crippen molar-refractivity contribution in [3.63, 3.8) is 0 Å². The van der Waals surface area contributed by atoms with Gasteiger partial charge in [0.25, 0.3) is 0 Å². The monoisotopic (exact) mass is 300 g/mol. The molecule has 0 aliphatic rings. The number of Topliss-reactive ketones (excluding diaryl/α,β-unsaturated/α-hetero) is 1. The van der Waals surface area contributed by atoms with Crippen LogP contribution in [-0.4, -0.2) is 33.1 Å². The number of ether oxygens (including phenoxy) is 1. The van der Waals surface area contributed by atoms with Crippen molar-refractivity contribution in [2.75, 3.05) is 7.11 Å². The van der Waals surface area contributed by atoms with Crippen LogP contribution in [-0.2, 0) is 6.54 Å². The molecular weight excluding hydrogens is 288 g/mol. The number of carbonyl (C=O) groups excluding carboxylic acids is 1. The van der Waals surface area contributed by atoms with E-state index in [0.717, 1.165) is 11.3 Å². The first-order valence-corrected chi connectivity index (χ1v) is 7.13. The molecule has 0 atom stereocenters. The van der Waals surface area contributed by atoms with E-state index in [9.17, 15) is 4.79 Å². The van der Waals surface area contributed by atoms with Crippen molar-refractivity contribution in [1.29, 1.82) is 0 Å². The molecule has 1 aromatic carbocycles. The maximum atomic E-state index is 12.0. The topological polar surface area (TPSA) is 69.9 Å². The zero-order valence-corrected chi connectivity index (χ0v) is 12.1. The van der Waals surface area contributed by atoms with E-state index in [1.54, 1.807) is 13.2 Å². The third-order valence-electron chi connectivity index (χ3n) is 2.86. The quantitative estimate of drug-likeness (QED) is 0.676. The largest absolute Gasteiger partial charge is 0.497 e. The number of carbonyl (C=O) groups is 1. The van der Waals surface area contributed by atoms with Crippen LogP contribution in [0.2, 0.25) is 0 Å². The molecule has 106 valence electrons. The first kappa shape index (κ1) is 13.4. The van der Waals surface area contributed by atoms with E-state index in [-0.39, 0.29) is 12.3 Å². The Hall–Kier alpha value is -2.54. The van der Waals surface area contributed by atoms with Crippen LogP contribution in [0, 0.1) is 0 Å². The molecule has 3 aromatic rings. The molecule has 21 heavy (non-hydrogen) atoms. The number of ketones is 1. The van der Waals surface area contributed by atoms with E-state index < -0.39 is 0 Å². The lowest BCUT2D eigenvalue weighted by Crippen LogP contribution is -2.12. The maximum Gasteiger partial charge on any atom is 0.205 e. The molecule has 3 rings (SSSR count). The summed E-state index contributed by atoms with van der Waals surface area (Å²) in [5.74, 6) is 1.16. The summed E-state index contributed by atoms with van der Waals surface area (Å²) in [5.41, 5.74) is 0.796. The molecule has 0 spiro atoms. The van der Waals surface area contributed by atoms with E-state index in [2.05, 4.69) is 15.4 Å². The third-order valence-corrected chi connectivity index (χ3v) is 3.77. The summed E-state index contributed by atoms with van der Waals surface area (Å²) < 4.78 is 5.16. The van der Waals surface area contributed by atoms with Gasteiger partial charge in [-0.3, -0.25) is 4.79 Å². The second-order valence-electron chi connectivity index (χ2n) is 4.28. The molecule has 0 unspecified atom stereocenters. The Morgan fingerprint density at radius 1 is 1.33 bits per heavy atom. The highest BCUT2D eigenvalue weighted by Gasteiger charge is 2.12. The number of hydrogen-bond acceptors (Lipinski definition) is 6. The summed E-state index contributed by atoms with van der Waals surface area (Å²) in [6.07, 6.45) is 0. The molecule has 2 aromatic heterocycles. The van der Waals surface area contributed by atoms with E-state index in [4.69, 9.17) is 4.74 Å². The maximum absolute atomic E-state index is 12.0. The number of thiophene rings is 1. The molecule has 7 heteroatoms. The summed E-state index contributed by atoms with van der Waals surface area (Å²) in [6.45, 7) is 0.0808. The number of nitrogens with zero attached hydrogens (tertiary/aromatic N) is 4. The first-order chi connectivity index (χ1) is 10.3. The molecule has 0 aliphatic carbocycles. The van der Waals surface area contributed by atoms with E-state index in [1.165, 1.54) is 16.1 Å². The Morgan fingerprint density at radius 3 is 3.00 bits per heavy atom. The summed E-state index contributed by atoms with van der Waals surface area (Å²) in [7, 11) is 1.60. The molecule has 6 nitrogen and oxygen atoms in total. The van der Waals surface area contributed by atoms with Crippen LogP contribution in [0.4, 0.5) is 0 Å². The lowest BCUT2D eigenvalue weighted by molar-refractivity contribution is 0.0965. The Morgan fingerprint density at radius 2 is 2.24 bits per heavy atom. The van der Waals surface area contributed by atoms with Crippen LogP contribution in [0.25, 0.3) is 11.4 Å². The Labute approximate surface area is 125 Å². The van der Waals surface area contributed by atoms with Crippen LogP contribution in [0.3, 0.4) is 0 Å². The van der Waals surface area contributed by atoms with Crippen molar-refractivity contribution in [1.82, 2.24) is 20.2 Å². The molecule has 0 amide bonds. The second kappa shape index (κ2) is 5.84. The number of methoxy groups -OCH3 is 1. The van der Waals surface area contributed by atoms with E-state index >= 15 is 0 Å². The van der Waals surface area contributed by atoms with Gasteiger partial charge in [0.15, 0.2) is 5.78 Å². The van der Waals surface area contributed by atoms with Gasteiger partial charge >= 0.3 is 0 Å². The Bertz CT molecular complexity index is 752. The van der Waals surface area contributed by atoms with Crippen LogP contribution < -0.4 is 4.74 Å². The number of benzene rings is 1. The molecule has 0 radical (unpaired) electrons. The lowest BCUT2D eigenvalue weighted by Gasteiger charge is -2.00. The van der Waals surface area contributed by atoms with Gasteiger partial charge in [-0.15, -0.1) is 21.5 Å². The van der Waals surface area contributed by atoms with Crippen molar-refractivity contribution >= 4 is 17.1 Å². The summed E-state index contributed by atoms with van der Waals surface area (Å²) in [4.78, 5) is 14.0. The fraction of sp³-hybridized carbons (Fsp3) is 0.143. The van der Waals surface area contributed by atoms with Crippen LogP contribution in [0.1, 0.15) is 9.67 Å². The van der Waals surface area contributed by atoms with Gasteiger partial charge in [0, 0.05) is 5.56 Å². The Kier molecular flexibility index (Phi) is 3.74. The fourth-order valence-corrected chi connectivity index (χ4v) is 2.49. The predicted octanol–water partition coefficient (Wildman–Crippen LogP) is 2.29. The fourth-order valence-electron chi connectivity index (χ4n) is 1.83. The molecule has 0 fully saturated rings. The van der Waals surface area contributed by atoms with Crippen LogP contribution in [0.5, 0.6) is 5.75 Å². The smallest absolute Gasteiger partial charge is 0.205 e. The average molecular weight is 300 g/mol. The second-order valence-corrected chi connectivity index (χ2v) is 5.22. The Balaban J connectivity index is 1.78. The minimum absolute atomic E-state index is 0.0282. The zero-order chi connectivity index (χ0) is 14.7. The molecule has 0 bridgehead atoms. The van der Waals surface area contributed by atoms with Crippen molar-refractivity contribution < 1.29 is 9.53 Å². The van der Waals surface area contributed by atoms with Crippen LogP contribution >= 0.6 is 11.3 Å². The van der Waals surface area contributed by atoms with Gasteiger partial charge in [-0.1, -0.05) is 18.2 Å². The molecule has 2 heterocycles. The number of tetrazole rings is 1. The number of rotatable bonds is 5. The normalized spacial score (nSPS) is 10.5. The predicted molar refractivity (Wildman–Crippen MR) is 78.5 cm³/mol. The zero-order valence-electron chi connectivity index (χ0n) is 11.3. The van der Waals surface area contributed by atoms with E-state index in [0.29, 0.717) is 10.7 Å². The summed E-state index contributed by atoms with van der Waals surface area (Å²) in [6, 6.07) is 11.0. The minimum atomic E-state index is -0.0282. The van der Waals surface area contributed by atoms with Gasteiger partial charge in [-0.25, -0.2) is 0 Å². The highest BCUT2D eigenvalue weighted by atomic mass is 32.1. The van der Waals surface area contributed by atoms with Crippen LogP contribution in [0.15, 0.2) is 41.8 Å². The SMILES string of the molecule is COc1cccc(-c2nnn(CC(=O)c3cccs3)n2)c1. The lowest BCUT2D eigenvalue weighted by atomic mass is 10.2. The highest BCUT2D eigenvalue weighted by Crippen LogP contribution is 2.20. The molecule has 0 saturated carbocycles. The minimum Gasteiger partial charge on any atom is -0.497 e. The molecule has 0 saturated heterocycles. The van der Waals surface area contributed by atoms with Crippen molar-refractivity contribution in [3.8, 4) is 17.1 Å². The number of aromatic nitrogens is 4. The van der Waals surface area contributed by atoms with Gasteiger partial charge in [0.1, 0.15) is 12.3 Å². The van der Waals surface area contributed by atoms with Gasteiger partial charge in [0.05, 0.1) is 12.0 Å².